The van der Waals surface area contributed by atoms with Crippen LogP contribution in [0.1, 0.15) is 22.6 Å². The van der Waals surface area contributed by atoms with Gasteiger partial charge in [0.15, 0.2) is 0 Å². The molecule has 130 valence electrons. The summed E-state index contributed by atoms with van der Waals surface area (Å²) in [5.41, 5.74) is 3.52. The monoisotopic (exact) mass is 368 g/mol. The summed E-state index contributed by atoms with van der Waals surface area (Å²) in [6, 6.07) is 14.2. The molecule has 3 rings (SSSR count). The van der Waals surface area contributed by atoms with Gasteiger partial charge in [-0.05, 0) is 34.9 Å². The van der Waals surface area contributed by atoms with Crippen LogP contribution in [0.3, 0.4) is 0 Å². The third kappa shape index (κ3) is 3.66. The second kappa shape index (κ2) is 8.38. The number of benzene rings is 2. The van der Waals surface area contributed by atoms with Gasteiger partial charge in [0.05, 0.1) is 19.6 Å². The summed E-state index contributed by atoms with van der Waals surface area (Å²) in [6.45, 7) is 0.668. The van der Waals surface area contributed by atoms with E-state index in [0.717, 1.165) is 22.2 Å². The third-order valence-electron chi connectivity index (χ3n) is 4.01. The second-order valence-electron chi connectivity index (χ2n) is 5.59. The molecule has 1 aliphatic heterocycles. The van der Waals surface area contributed by atoms with Gasteiger partial charge in [-0.25, -0.2) is 0 Å². The zero-order valence-corrected chi connectivity index (χ0v) is 15.5. The molecule has 0 aromatic heterocycles. The molecule has 1 heterocycles. The Kier molecular flexibility index (Phi) is 7.08. The number of methoxy groups -OCH3 is 1. The summed E-state index contributed by atoms with van der Waals surface area (Å²) in [6.07, 6.45) is 0. The first-order chi connectivity index (χ1) is 10.6. The fourth-order valence-corrected chi connectivity index (χ4v) is 3.18. The maximum Gasteiger partial charge on any atom is 0.119 e. The smallest absolute Gasteiger partial charge is 0.119 e. The Morgan fingerprint density at radius 1 is 1.12 bits per heavy atom. The lowest BCUT2D eigenvalue weighted by Crippen LogP contribution is -2.32. The second-order valence-corrected chi connectivity index (χ2v) is 6.00. The van der Waals surface area contributed by atoms with E-state index >= 15 is 0 Å². The molecular formula is C18H22Cl2N2O2. The molecule has 6 heteroatoms. The van der Waals surface area contributed by atoms with Crippen molar-refractivity contribution in [2.45, 2.75) is 12.5 Å². The molecule has 0 spiro atoms. The number of likely N-dealkylation sites (N-methyl/N-ethyl adjacent to an activating group) is 1. The van der Waals surface area contributed by atoms with Crippen LogP contribution in [0, 0.1) is 0 Å². The van der Waals surface area contributed by atoms with Gasteiger partial charge in [0.1, 0.15) is 11.6 Å². The van der Waals surface area contributed by atoms with Crippen LogP contribution in [0.25, 0.3) is 0 Å². The minimum Gasteiger partial charge on any atom is -0.497 e. The molecule has 0 aliphatic carbocycles. The molecule has 4 nitrogen and oxygen atoms in total. The van der Waals surface area contributed by atoms with Gasteiger partial charge in [-0.1, -0.05) is 35.9 Å². The fraction of sp³-hybridized carbons (Fsp3) is 0.278. The topological polar surface area (TPSA) is 56.3 Å². The number of nitrogens with zero attached hydrogens (tertiary/aromatic N) is 2. The average molecular weight is 369 g/mol. The minimum atomic E-state index is 0. The molecule has 0 bridgehead atoms. The number of halogens is 2. The third-order valence-corrected chi connectivity index (χ3v) is 4.35. The van der Waals surface area contributed by atoms with Gasteiger partial charge in [-0.3, -0.25) is 4.99 Å². The molecule has 0 fully saturated rings. The molecule has 1 aliphatic rings. The van der Waals surface area contributed by atoms with Crippen molar-refractivity contribution in [2.24, 2.45) is 4.99 Å². The quantitative estimate of drug-likeness (QED) is 0.813. The Hall–Kier alpha value is -1.75. The van der Waals surface area contributed by atoms with E-state index in [4.69, 9.17) is 21.3 Å². The van der Waals surface area contributed by atoms with E-state index in [1.807, 2.05) is 38.4 Å². The van der Waals surface area contributed by atoms with Crippen LogP contribution in [-0.4, -0.2) is 37.4 Å². The molecule has 1 atom stereocenters. The Bertz CT molecular complexity index is 733. The molecule has 2 aromatic rings. The minimum absolute atomic E-state index is 0. The van der Waals surface area contributed by atoms with Gasteiger partial charge in [-0.15, -0.1) is 12.4 Å². The van der Waals surface area contributed by atoms with Crippen molar-refractivity contribution < 1.29 is 10.2 Å². The Morgan fingerprint density at radius 2 is 1.83 bits per heavy atom. The molecule has 2 aromatic carbocycles. The standard InChI is InChI=1S/C18H19ClN2O.ClH.H2O/c1-21(2)18-17(15-6-4-5-7-16(15)19)14-9-8-13(22-3)10-12(14)11-20-18;;/h4-10,17H,11H2,1-3H3;1H;1H2. The summed E-state index contributed by atoms with van der Waals surface area (Å²) in [7, 11) is 5.74. The zero-order chi connectivity index (χ0) is 15.7. The van der Waals surface area contributed by atoms with Crippen LogP contribution in [0.2, 0.25) is 5.02 Å². The first-order valence-electron chi connectivity index (χ1n) is 7.24. The van der Waals surface area contributed by atoms with Gasteiger partial charge < -0.3 is 15.1 Å². The maximum absolute atomic E-state index is 6.45. The normalized spacial score (nSPS) is 15.3. The van der Waals surface area contributed by atoms with E-state index in [9.17, 15) is 0 Å². The summed E-state index contributed by atoms with van der Waals surface area (Å²) in [5.74, 6) is 1.95. The summed E-state index contributed by atoms with van der Waals surface area (Å²) in [5, 5.41) is 0.769. The van der Waals surface area contributed by atoms with E-state index in [0.29, 0.717) is 6.54 Å². The number of fused-ring (bicyclic) bond motifs is 1. The summed E-state index contributed by atoms with van der Waals surface area (Å²) >= 11 is 6.45. The van der Waals surface area contributed by atoms with E-state index < -0.39 is 0 Å². The van der Waals surface area contributed by atoms with Gasteiger partial charge in [0.25, 0.3) is 0 Å². The summed E-state index contributed by atoms with van der Waals surface area (Å²) in [4.78, 5) is 6.84. The molecule has 2 N–H and O–H groups in total. The Labute approximate surface area is 153 Å². The molecular weight excluding hydrogens is 347 g/mol. The number of amidine groups is 1. The highest BCUT2D eigenvalue weighted by molar-refractivity contribution is 6.31. The van der Waals surface area contributed by atoms with Gasteiger partial charge in [0, 0.05) is 19.1 Å². The first kappa shape index (κ1) is 20.3. The highest BCUT2D eigenvalue weighted by Crippen LogP contribution is 2.38. The fourth-order valence-electron chi connectivity index (χ4n) is 2.94. The maximum atomic E-state index is 6.45. The van der Waals surface area contributed by atoms with Crippen LogP contribution in [0.5, 0.6) is 5.75 Å². The molecule has 0 saturated heterocycles. The number of aliphatic imine (C=N–C) groups is 1. The van der Waals surface area contributed by atoms with Crippen LogP contribution in [0.4, 0.5) is 0 Å². The van der Waals surface area contributed by atoms with E-state index in [-0.39, 0.29) is 23.8 Å². The number of hydrogen-bond donors (Lipinski definition) is 0. The van der Waals surface area contributed by atoms with Gasteiger partial charge in [0.2, 0.25) is 0 Å². The van der Waals surface area contributed by atoms with Crippen LogP contribution in [-0.2, 0) is 6.54 Å². The largest absolute Gasteiger partial charge is 0.497 e. The molecule has 0 saturated carbocycles. The molecule has 0 amide bonds. The summed E-state index contributed by atoms with van der Waals surface area (Å²) < 4.78 is 5.33. The highest BCUT2D eigenvalue weighted by atomic mass is 35.5. The Morgan fingerprint density at radius 3 is 2.46 bits per heavy atom. The van der Waals surface area contributed by atoms with E-state index in [1.54, 1.807) is 7.11 Å². The van der Waals surface area contributed by atoms with Crippen molar-refractivity contribution in [3.05, 3.63) is 64.2 Å². The van der Waals surface area contributed by atoms with Crippen molar-refractivity contribution in [3.63, 3.8) is 0 Å². The molecule has 24 heavy (non-hydrogen) atoms. The predicted molar refractivity (Wildman–Crippen MR) is 102 cm³/mol. The number of hydrogen-bond acceptors (Lipinski definition) is 3. The van der Waals surface area contributed by atoms with Crippen LogP contribution in [0.15, 0.2) is 47.5 Å². The average Bonchev–Trinajstić information content (AvgIpc) is 2.53. The van der Waals surface area contributed by atoms with Crippen molar-refractivity contribution in [3.8, 4) is 5.75 Å². The lowest BCUT2D eigenvalue weighted by atomic mass is 9.84. The molecule has 1 unspecified atom stereocenters. The van der Waals surface area contributed by atoms with Crippen LogP contribution >= 0.6 is 24.0 Å². The van der Waals surface area contributed by atoms with Crippen molar-refractivity contribution in [1.29, 1.82) is 0 Å². The Balaban J connectivity index is 0.00000144. The lowest BCUT2D eigenvalue weighted by molar-refractivity contribution is 0.414. The van der Waals surface area contributed by atoms with Crippen molar-refractivity contribution in [2.75, 3.05) is 21.2 Å². The van der Waals surface area contributed by atoms with E-state index in [2.05, 4.69) is 23.1 Å². The van der Waals surface area contributed by atoms with E-state index in [1.165, 1.54) is 11.1 Å². The number of ether oxygens (including phenoxy) is 1. The predicted octanol–water partition coefficient (Wildman–Crippen LogP) is 3.55. The first-order valence-corrected chi connectivity index (χ1v) is 7.62. The van der Waals surface area contributed by atoms with Gasteiger partial charge >= 0.3 is 0 Å². The van der Waals surface area contributed by atoms with Gasteiger partial charge in [-0.2, -0.15) is 0 Å². The highest BCUT2D eigenvalue weighted by Gasteiger charge is 2.29. The molecule has 0 radical (unpaired) electrons. The SMILES string of the molecule is COc1ccc2c(c1)CN=C(N(C)C)C2c1ccccc1Cl.Cl.O. The zero-order valence-electron chi connectivity index (χ0n) is 13.9. The van der Waals surface area contributed by atoms with Crippen molar-refractivity contribution in [1.82, 2.24) is 4.90 Å². The lowest BCUT2D eigenvalue weighted by Gasteiger charge is -2.31. The van der Waals surface area contributed by atoms with Crippen LogP contribution < -0.4 is 4.74 Å². The number of rotatable bonds is 2. The van der Waals surface area contributed by atoms with Crippen molar-refractivity contribution >= 4 is 29.8 Å².